The topological polar surface area (TPSA) is 52.7 Å². The lowest BCUT2D eigenvalue weighted by Crippen LogP contribution is -2.23. The minimum atomic E-state index is -0.283. The molecule has 0 aliphatic rings. The Morgan fingerprint density at radius 1 is 1.27 bits per heavy atom. The van der Waals surface area contributed by atoms with Gasteiger partial charge in [0.25, 0.3) is 0 Å². The second kappa shape index (κ2) is 3.91. The van der Waals surface area contributed by atoms with E-state index in [1.54, 1.807) is 0 Å². The first-order chi connectivity index (χ1) is 7.31. The van der Waals surface area contributed by atoms with Gasteiger partial charge in [0.05, 0.1) is 6.54 Å². The monoisotopic (exact) mass is 202 g/mol. The van der Waals surface area contributed by atoms with Gasteiger partial charge in [-0.15, -0.1) is 0 Å². The maximum atomic E-state index is 11.5. The largest absolute Gasteiger partial charge is 0.368 e. The summed E-state index contributed by atoms with van der Waals surface area (Å²) in [6.45, 7) is 3.88. The van der Waals surface area contributed by atoms with Crippen LogP contribution in [-0.2, 0) is 6.54 Å². The van der Waals surface area contributed by atoms with Crippen molar-refractivity contribution in [2.75, 3.05) is 0 Å². The summed E-state index contributed by atoms with van der Waals surface area (Å²) in [5, 5.41) is 7.36. The highest BCUT2D eigenvalue weighted by Crippen LogP contribution is 1.98. The first-order valence-corrected chi connectivity index (χ1v) is 4.50. The highest BCUT2D eigenvalue weighted by Gasteiger charge is 2.03. The van der Waals surface area contributed by atoms with E-state index in [9.17, 15) is 4.79 Å². The molecule has 0 bridgehead atoms. The zero-order valence-corrected chi connectivity index (χ0v) is 8.08. The van der Waals surface area contributed by atoms with Crippen LogP contribution in [-0.4, -0.2) is 19.8 Å². The van der Waals surface area contributed by atoms with E-state index >= 15 is 0 Å². The van der Waals surface area contributed by atoms with Crippen molar-refractivity contribution in [1.82, 2.24) is 19.8 Å². The third-order valence-electron chi connectivity index (χ3n) is 2.01. The Labute approximate surface area is 86.2 Å². The molecule has 0 spiro atoms. The SMILES string of the molecule is C=Cn1nnn(Cc2ccccc2)c1=O. The zero-order valence-electron chi connectivity index (χ0n) is 8.08. The lowest BCUT2D eigenvalue weighted by molar-refractivity contribution is 0.632. The molecular weight excluding hydrogens is 192 g/mol. The zero-order chi connectivity index (χ0) is 10.7. The molecule has 0 aliphatic carbocycles. The molecule has 5 heteroatoms. The predicted octanol–water partition coefficient (Wildman–Crippen LogP) is 0.589. The lowest BCUT2D eigenvalue weighted by Gasteiger charge is -1.97. The molecule has 15 heavy (non-hydrogen) atoms. The van der Waals surface area contributed by atoms with E-state index in [1.165, 1.54) is 10.9 Å². The predicted molar refractivity (Wildman–Crippen MR) is 56.2 cm³/mol. The minimum absolute atomic E-state index is 0.283. The molecule has 0 unspecified atom stereocenters. The second-order valence-corrected chi connectivity index (χ2v) is 3.03. The van der Waals surface area contributed by atoms with Gasteiger partial charge in [0.15, 0.2) is 0 Å². The van der Waals surface area contributed by atoms with Crippen molar-refractivity contribution in [1.29, 1.82) is 0 Å². The highest BCUT2D eigenvalue weighted by atomic mass is 16.2. The van der Waals surface area contributed by atoms with Gasteiger partial charge in [-0.2, -0.15) is 9.36 Å². The molecule has 0 amide bonds. The van der Waals surface area contributed by atoms with Crippen LogP contribution >= 0.6 is 0 Å². The van der Waals surface area contributed by atoms with Crippen LogP contribution in [0.5, 0.6) is 0 Å². The number of hydrogen-bond acceptors (Lipinski definition) is 3. The Morgan fingerprint density at radius 2 is 2.00 bits per heavy atom. The molecule has 1 aromatic carbocycles. The highest BCUT2D eigenvalue weighted by molar-refractivity contribution is 5.15. The number of tetrazole rings is 1. The van der Waals surface area contributed by atoms with E-state index in [0.29, 0.717) is 6.54 Å². The number of aromatic nitrogens is 4. The van der Waals surface area contributed by atoms with Crippen LogP contribution in [0.25, 0.3) is 6.20 Å². The van der Waals surface area contributed by atoms with Gasteiger partial charge in [0, 0.05) is 6.20 Å². The molecule has 2 rings (SSSR count). The van der Waals surface area contributed by atoms with E-state index in [1.807, 2.05) is 30.3 Å². The molecule has 0 fully saturated rings. The standard InChI is InChI=1S/C10H10N4O/c1-2-13-10(15)14(12-11-13)8-9-6-4-3-5-7-9/h2-7H,1,8H2. The Morgan fingerprint density at radius 3 is 2.60 bits per heavy atom. The lowest BCUT2D eigenvalue weighted by atomic mass is 10.2. The van der Waals surface area contributed by atoms with E-state index in [0.717, 1.165) is 10.2 Å². The summed E-state index contributed by atoms with van der Waals surface area (Å²) in [7, 11) is 0. The van der Waals surface area contributed by atoms with Crippen molar-refractivity contribution < 1.29 is 0 Å². The van der Waals surface area contributed by atoms with Gasteiger partial charge in [-0.1, -0.05) is 36.9 Å². The first-order valence-electron chi connectivity index (χ1n) is 4.50. The summed E-state index contributed by atoms with van der Waals surface area (Å²) >= 11 is 0. The fourth-order valence-electron chi connectivity index (χ4n) is 1.26. The van der Waals surface area contributed by atoms with Gasteiger partial charge >= 0.3 is 5.69 Å². The fraction of sp³-hybridized carbons (Fsp3) is 0.100. The van der Waals surface area contributed by atoms with Crippen molar-refractivity contribution in [2.45, 2.75) is 6.54 Å². The molecule has 0 saturated heterocycles. The Kier molecular flexibility index (Phi) is 2.45. The maximum Gasteiger partial charge on any atom is 0.368 e. The quantitative estimate of drug-likeness (QED) is 0.731. The number of benzene rings is 1. The molecule has 2 aromatic rings. The summed E-state index contributed by atoms with van der Waals surface area (Å²) in [5.41, 5.74) is 0.726. The molecule has 1 aromatic heterocycles. The average molecular weight is 202 g/mol. The van der Waals surface area contributed by atoms with Crippen LogP contribution in [0.2, 0.25) is 0 Å². The van der Waals surface area contributed by atoms with Crippen LogP contribution in [0.15, 0.2) is 41.7 Å². The Bertz CT molecular complexity index is 512. The number of rotatable bonds is 3. The minimum Gasteiger partial charge on any atom is -0.244 e. The summed E-state index contributed by atoms with van der Waals surface area (Å²) < 4.78 is 2.39. The van der Waals surface area contributed by atoms with Crippen molar-refractivity contribution in [3.63, 3.8) is 0 Å². The van der Waals surface area contributed by atoms with E-state index in [2.05, 4.69) is 17.0 Å². The van der Waals surface area contributed by atoms with Crippen LogP contribution in [0, 0.1) is 0 Å². The van der Waals surface area contributed by atoms with Gasteiger partial charge in [-0.3, -0.25) is 0 Å². The molecule has 76 valence electrons. The maximum absolute atomic E-state index is 11.5. The van der Waals surface area contributed by atoms with Crippen LogP contribution < -0.4 is 5.69 Å². The number of hydrogen-bond donors (Lipinski definition) is 0. The second-order valence-electron chi connectivity index (χ2n) is 3.03. The average Bonchev–Trinajstić information content (AvgIpc) is 2.62. The Hall–Kier alpha value is -2.17. The van der Waals surface area contributed by atoms with Gasteiger partial charge in [0.1, 0.15) is 0 Å². The third kappa shape index (κ3) is 1.85. The van der Waals surface area contributed by atoms with Crippen molar-refractivity contribution in [2.24, 2.45) is 0 Å². The molecule has 0 radical (unpaired) electrons. The fourth-order valence-corrected chi connectivity index (χ4v) is 1.26. The van der Waals surface area contributed by atoms with Gasteiger partial charge < -0.3 is 0 Å². The Balaban J connectivity index is 2.29. The third-order valence-corrected chi connectivity index (χ3v) is 2.01. The first kappa shape index (κ1) is 9.39. The molecule has 5 nitrogen and oxygen atoms in total. The van der Waals surface area contributed by atoms with Crippen LogP contribution in [0.1, 0.15) is 5.56 Å². The van der Waals surface area contributed by atoms with E-state index < -0.39 is 0 Å². The summed E-state index contributed by atoms with van der Waals surface area (Å²) in [6, 6.07) is 9.61. The van der Waals surface area contributed by atoms with Crippen molar-refractivity contribution in [3.05, 3.63) is 53.0 Å². The molecule has 0 atom stereocenters. The van der Waals surface area contributed by atoms with Gasteiger partial charge in [-0.05, 0) is 16.0 Å². The molecule has 0 aliphatic heterocycles. The van der Waals surface area contributed by atoms with E-state index in [4.69, 9.17) is 0 Å². The van der Waals surface area contributed by atoms with Crippen LogP contribution in [0.4, 0.5) is 0 Å². The molecule has 0 saturated carbocycles. The smallest absolute Gasteiger partial charge is 0.244 e. The van der Waals surface area contributed by atoms with Crippen molar-refractivity contribution in [3.8, 4) is 0 Å². The van der Waals surface area contributed by atoms with Crippen LogP contribution in [0.3, 0.4) is 0 Å². The van der Waals surface area contributed by atoms with E-state index in [-0.39, 0.29) is 5.69 Å². The summed E-state index contributed by atoms with van der Waals surface area (Å²) in [4.78, 5) is 11.5. The molecule has 1 heterocycles. The summed E-state index contributed by atoms with van der Waals surface area (Å²) in [6.07, 6.45) is 1.33. The van der Waals surface area contributed by atoms with Gasteiger partial charge in [0.2, 0.25) is 0 Å². The summed E-state index contributed by atoms with van der Waals surface area (Å²) in [5.74, 6) is 0. The number of nitrogens with zero attached hydrogens (tertiary/aromatic N) is 4. The van der Waals surface area contributed by atoms with Gasteiger partial charge in [-0.25, -0.2) is 4.79 Å². The van der Waals surface area contributed by atoms with Crippen molar-refractivity contribution >= 4 is 6.20 Å². The normalized spacial score (nSPS) is 10.1. The molecular formula is C10H10N4O. The molecule has 0 N–H and O–H groups in total.